The first-order valence-corrected chi connectivity index (χ1v) is 6.86. The molecular formula is C17H20O4. The molecule has 0 atom stereocenters. The Balaban J connectivity index is 2.00. The van der Waals surface area contributed by atoms with Crippen molar-refractivity contribution in [3.63, 3.8) is 0 Å². The third-order valence-electron chi connectivity index (χ3n) is 3.42. The Morgan fingerprint density at radius 1 is 0.857 bits per heavy atom. The van der Waals surface area contributed by atoms with Crippen LogP contribution in [0.2, 0.25) is 0 Å². The molecule has 0 aliphatic carbocycles. The number of rotatable bonds is 6. The smallest absolute Gasteiger partial charge is 0.160 e. The zero-order valence-electron chi connectivity index (χ0n) is 12.3. The quantitative estimate of drug-likeness (QED) is 0.856. The average Bonchev–Trinajstić information content (AvgIpc) is 2.49. The summed E-state index contributed by atoms with van der Waals surface area (Å²) in [6.07, 6.45) is 2.57. The maximum absolute atomic E-state index is 9.57. The Morgan fingerprint density at radius 2 is 1.62 bits per heavy atom. The summed E-state index contributed by atoms with van der Waals surface area (Å²) in [5.41, 5.74) is 2.09. The predicted octanol–water partition coefficient (Wildman–Crippen LogP) is 3.29. The van der Waals surface area contributed by atoms with E-state index in [1.54, 1.807) is 31.4 Å². The lowest BCUT2D eigenvalue weighted by Crippen LogP contribution is -1.95. The number of aryl methyl sites for hydroxylation is 2. The van der Waals surface area contributed by atoms with E-state index < -0.39 is 0 Å². The first-order valence-electron chi connectivity index (χ1n) is 6.86. The second kappa shape index (κ2) is 6.88. The molecular weight excluding hydrogens is 268 g/mol. The summed E-state index contributed by atoms with van der Waals surface area (Å²) >= 11 is 0. The molecule has 4 nitrogen and oxygen atoms in total. The van der Waals surface area contributed by atoms with Crippen molar-refractivity contribution in [2.45, 2.75) is 19.3 Å². The molecule has 112 valence electrons. The van der Waals surface area contributed by atoms with Gasteiger partial charge in [0.25, 0.3) is 0 Å². The maximum atomic E-state index is 9.57. The van der Waals surface area contributed by atoms with Gasteiger partial charge in [0.2, 0.25) is 0 Å². The van der Waals surface area contributed by atoms with Crippen molar-refractivity contribution in [2.24, 2.45) is 0 Å². The summed E-state index contributed by atoms with van der Waals surface area (Å²) in [4.78, 5) is 0. The summed E-state index contributed by atoms with van der Waals surface area (Å²) in [5, 5.41) is 19.1. The molecule has 0 bridgehead atoms. The van der Waals surface area contributed by atoms with Crippen LogP contribution < -0.4 is 9.47 Å². The molecule has 0 saturated heterocycles. The molecule has 2 rings (SSSR count). The molecule has 2 aromatic carbocycles. The van der Waals surface area contributed by atoms with Crippen molar-refractivity contribution >= 4 is 0 Å². The van der Waals surface area contributed by atoms with Crippen molar-refractivity contribution in [1.82, 2.24) is 0 Å². The molecule has 0 amide bonds. The molecule has 0 aliphatic heterocycles. The van der Waals surface area contributed by atoms with Crippen LogP contribution in [0.4, 0.5) is 0 Å². The van der Waals surface area contributed by atoms with Crippen LogP contribution in [0.3, 0.4) is 0 Å². The Kier molecular flexibility index (Phi) is 4.93. The zero-order valence-corrected chi connectivity index (χ0v) is 12.3. The third kappa shape index (κ3) is 3.81. The van der Waals surface area contributed by atoms with Gasteiger partial charge in [-0.1, -0.05) is 6.07 Å². The minimum absolute atomic E-state index is 0.149. The summed E-state index contributed by atoms with van der Waals surface area (Å²) < 4.78 is 10.4. The van der Waals surface area contributed by atoms with Gasteiger partial charge in [0.05, 0.1) is 14.2 Å². The molecule has 0 aliphatic rings. The van der Waals surface area contributed by atoms with Gasteiger partial charge >= 0.3 is 0 Å². The van der Waals surface area contributed by atoms with Crippen LogP contribution in [0.1, 0.15) is 17.5 Å². The summed E-state index contributed by atoms with van der Waals surface area (Å²) in [5.74, 6) is 1.67. The lowest BCUT2D eigenvalue weighted by molar-refractivity contribution is 0.373. The van der Waals surface area contributed by atoms with Gasteiger partial charge in [-0.25, -0.2) is 0 Å². The van der Waals surface area contributed by atoms with Crippen LogP contribution in [0, 0.1) is 0 Å². The minimum atomic E-state index is 0.149. The number of hydrogen-bond acceptors (Lipinski definition) is 4. The summed E-state index contributed by atoms with van der Waals surface area (Å²) in [7, 11) is 3.16. The molecule has 2 aromatic rings. The fourth-order valence-electron chi connectivity index (χ4n) is 2.32. The van der Waals surface area contributed by atoms with Gasteiger partial charge in [-0.3, -0.25) is 0 Å². The monoisotopic (exact) mass is 288 g/mol. The molecule has 0 fully saturated rings. The summed E-state index contributed by atoms with van der Waals surface area (Å²) in [6.45, 7) is 0. The number of phenolic OH excluding ortho intramolecular Hbond substituents is 2. The third-order valence-corrected chi connectivity index (χ3v) is 3.42. The maximum Gasteiger partial charge on any atom is 0.160 e. The van der Waals surface area contributed by atoms with Crippen LogP contribution in [0.5, 0.6) is 23.0 Å². The molecule has 0 radical (unpaired) electrons. The van der Waals surface area contributed by atoms with Crippen molar-refractivity contribution in [3.05, 3.63) is 47.5 Å². The van der Waals surface area contributed by atoms with E-state index in [0.717, 1.165) is 36.1 Å². The highest BCUT2D eigenvalue weighted by molar-refractivity contribution is 5.42. The number of phenols is 2. The van der Waals surface area contributed by atoms with E-state index in [2.05, 4.69) is 0 Å². The molecule has 21 heavy (non-hydrogen) atoms. The minimum Gasteiger partial charge on any atom is -0.508 e. The zero-order chi connectivity index (χ0) is 15.2. The van der Waals surface area contributed by atoms with Crippen LogP contribution in [0.15, 0.2) is 36.4 Å². The first kappa shape index (κ1) is 15.0. The Bertz CT molecular complexity index is 608. The molecule has 0 spiro atoms. The number of aromatic hydroxyl groups is 2. The molecule has 4 heteroatoms. The predicted molar refractivity (Wildman–Crippen MR) is 81.3 cm³/mol. The molecule has 0 unspecified atom stereocenters. The van der Waals surface area contributed by atoms with Gasteiger partial charge in [0, 0.05) is 0 Å². The molecule has 0 saturated carbocycles. The van der Waals surface area contributed by atoms with E-state index in [9.17, 15) is 10.2 Å². The van der Waals surface area contributed by atoms with Gasteiger partial charge < -0.3 is 19.7 Å². The normalized spacial score (nSPS) is 10.4. The number of benzene rings is 2. The highest BCUT2D eigenvalue weighted by atomic mass is 16.5. The molecule has 2 N–H and O–H groups in total. The molecule has 0 aromatic heterocycles. The van der Waals surface area contributed by atoms with E-state index in [4.69, 9.17) is 9.47 Å². The number of methoxy groups -OCH3 is 2. The van der Waals surface area contributed by atoms with Gasteiger partial charge in [0.15, 0.2) is 11.5 Å². The van der Waals surface area contributed by atoms with Gasteiger partial charge in [0.1, 0.15) is 11.5 Å². The lowest BCUT2D eigenvalue weighted by Gasteiger charge is -2.10. The van der Waals surface area contributed by atoms with E-state index in [-0.39, 0.29) is 11.5 Å². The highest BCUT2D eigenvalue weighted by Crippen LogP contribution is 2.28. The Hall–Kier alpha value is -2.36. The second-order valence-corrected chi connectivity index (χ2v) is 4.86. The van der Waals surface area contributed by atoms with Crippen LogP contribution >= 0.6 is 0 Å². The number of ether oxygens (including phenoxy) is 2. The fraction of sp³-hybridized carbons (Fsp3) is 0.294. The largest absolute Gasteiger partial charge is 0.508 e. The van der Waals surface area contributed by atoms with Crippen molar-refractivity contribution < 1.29 is 19.7 Å². The second-order valence-electron chi connectivity index (χ2n) is 4.86. The van der Waals surface area contributed by atoms with Gasteiger partial charge in [-0.15, -0.1) is 0 Å². The standard InChI is InChI=1S/C17H20O4/c1-20-16-9-7-14(18)11-13(16)5-3-4-12-6-8-15(19)17(10-12)21-2/h6-11,18-19H,3-5H2,1-2H3. The van der Waals surface area contributed by atoms with E-state index >= 15 is 0 Å². The van der Waals surface area contributed by atoms with Gasteiger partial charge in [-0.05, 0) is 60.7 Å². The highest BCUT2D eigenvalue weighted by Gasteiger charge is 2.06. The number of hydrogen-bond donors (Lipinski definition) is 2. The first-order chi connectivity index (χ1) is 10.1. The average molecular weight is 288 g/mol. The fourth-order valence-corrected chi connectivity index (χ4v) is 2.32. The Labute approximate surface area is 124 Å². The van der Waals surface area contributed by atoms with E-state index in [0.29, 0.717) is 5.75 Å². The topological polar surface area (TPSA) is 58.9 Å². The van der Waals surface area contributed by atoms with Crippen LogP contribution in [-0.4, -0.2) is 24.4 Å². The molecule has 0 heterocycles. The van der Waals surface area contributed by atoms with Crippen molar-refractivity contribution in [3.8, 4) is 23.0 Å². The van der Waals surface area contributed by atoms with E-state index in [1.165, 1.54) is 7.11 Å². The SMILES string of the molecule is COc1cc(CCCc2cc(O)ccc2OC)ccc1O. The van der Waals surface area contributed by atoms with Crippen molar-refractivity contribution in [1.29, 1.82) is 0 Å². The van der Waals surface area contributed by atoms with Crippen LogP contribution in [0.25, 0.3) is 0 Å². The van der Waals surface area contributed by atoms with Crippen LogP contribution in [-0.2, 0) is 12.8 Å². The lowest BCUT2D eigenvalue weighted by atomic mass is 10.0. The Morgan fingerprint density at radius 3 is 2.33 bits per heavy atom. The van der Waals surface area contributed by atoms with Gasteiger partial charge in [-0.2, -0.15) is 0 Å². The van der Waals surface area contributed by atoms with E-state index in [1.807, 2.05) is 12.1 Å². The summed E-state index contributed by atoms with van der Waals surface area (Å²) in [6, 6.07) is 10.5. The van der Waals surface area contributed by atoms with Crippen molar-refractivity contribution in [2.75, 3.05) is 14.2 Å².